The molecule has 0 bridgehead atoms. The summed E-state index contributed by atoms with van der Waals surface area (Å²) in [6.07, 6.45) is 3.42. The second kappa shape index (κ2) is 12.6. The van der Waals surface area contributed by atoms with E-state index in [2.05, 4.69) is 64.0 Å². The number of rotatable bonds is 12. The van der Waals surface area contributed by atoms with Gasteiger partial charge in [-0.2, -0.15) is 0 Å². The number of aromatic nitrogens is 2. The minimum Gasteiger partial charge on any atom is -0.390 e. The van der Waals surface area contributed by atoms with Crippen LogP contribution in [0.2, 0.25) is 0 Å². The number of anilines is 2. The molecule has 7 nitrogen and oxygen atoms in total. The highest BCUT2D eigenvalue weighted by atomic mass is 16.3. The minimum atomic E-state index is -0.736. The molecule has 3 aromatic carbocycles. The van der Waals surface area contributed by atoms with Crippen LogP contribution in [0.25, 0.3) is 11.3 Å². The Bertz CT molecular complexity index is 1450. The average molecular weight is 550 g/mol. The first-order valence-electron chi connectivity index (χ1n) is 14.4. The fourth-order valence-corrected chi connectivity index (χ4v) is 5.19. The summed E-state index contributed by atoms with van der Waals surface area (Å²) in [6.45, 7) is 6.29. The average Bonchev–Trinajstić information content (AvgIpc) is 3.78. The van der Waals surface area contributed by atoms with Crippen LogP contribution in [0.4, 0.5) is 11.5 Å². The third kappa shape index (κ3) is 7.37. The summed E-state index contributed by atoms with van der Waals surface area (Å²) in [7, 11) is 0. The Labute approximate surface area is 242 Å². The maximum atomic E-state index is 12.0. The summed E-state index contributed by atoms with van der Waals surface area (Å²) in [5.41, 5.74) is 6.29. The van der Waals surface area contributed by atoms with Gasteiger partial charge < -0.3 is 21.1 Å². The molecule has 4 N–H and O–H groups in total. The first-order valence-corrected chi connectivity index (χ1v) is 14.4. The molecule has 1 aromatic heterocycles. The van der Waals surface area contributed by atoms with Crippen molar-refractivity contribution in [3.63, 3.8) is 0 Å². The molecule has 0 aliphatic heterocycles. The summed E-state index contributed by atoms with van der Waals surface area (Å²) in [4.78, 5) is 20.8. The van der Waals surface area contributed by atoms with Crippen molar-refractivity contribution in [1.82, 2.24) is 20.6 Å². The fraction of sp³-hybridized carbons (Fsp3) is 0.324. The van der Waals surface area contributed by atoms with Crippen LogP contribution in [-0.2, 0) is 16.8 Å². The minimum absolute atomic E-state index is 0.0959. The van der Waals surface area contributed by atoms with E-state index < -0.39 is 12.1 Å². The van der Waals surface area contributed by atoms with Crippen molar-refractivity contribution >= 4 is 17.4 Å². The van der Waals surface area contributed by atoms with Crippen LogP contribution < -0.4 is 16.0 Å². The number of aliphatic hydroxyl groups excluding tert-OH is 1. The monoisotopic (exact) mass is 549 g/mol. The molecule has 1 fully saturated rings. The van der Waals surface area contributed by atoms with Gasteiger partial charge in [0.2, 0.25) is 5.91 Å². The van der Waals surface area contributed by atoms with E-state index in [1.807, 2.05) is 60.7 Å². The number of nitrogens with zero attached hydrogens (tertiary/aromatic N) is 2. The Morgan fingerprint density at radius 1 is 0.951 bits per heavy atom. The van der Waals surface area contributed by atoms with Gasteiger partial charge in [-0.1, -0.05) is 80.6 Å². The lowest BCUT2D eigenvalue weighted by Gasteiger charge is -2.27. The van der Waals surface area contributed by atoms with Crippen molar-refractivity contribution in [3.05, 3.63) is 108 Å². The van der Waals surface area contributed by atoms with Crippen molar-refractivity contribution in [2.24, 2.45) is 0 Å². The lowest BCUT2D eigenvalue weighted by Crippen LogP contribution is -2.49. The van der Waals surface area contributed by atoms with Crippen LogP contribution in [0.1, 0.15) is 56.2 Å². The maximum Gasteiger partial charge on any atom is 0.217 e. The summed E-state index contributed by atoms with van der Waals surface area (Å²) in [6, 6.07) is 28.2. The van der Waals surface area contributed by atoms with E-state index in [1.165, 1.54) is 18.1 Å². The number of nitrogens with one attached hydrogen (secondary N) is 3. The molecular weight excluding hydrogens is 510 g/mol. The van der Waals surface area contributed by atoms with Gasteiger partial charge in [0.25, 0.3) is 0 Å². The van der Waals surface area contributed by atoms with Crippen molar-refractivity contribution in [3.8, 4) is 11.3 Å². The van der Waals surface area contributed by atoms with E-state index in [0.717, 1.165) is 35.3 Å². The third-order valence-corrected chi connectivity index (χ3v) is 7.78. The highest BCUT2D eigenvalue weighted by Gasteiger charge is 2.44. The molecule has 0 spiro atoms. The molecule has 41 heavy (non-hydrogen) atoms. The molecule has 0 saturated heterocycles. The SMILES string of the molecule is CC(=O)N[C@@H](Cc1ccc(Nc2cc(-c3ccccc3)ncn2)cc1)[C@@H](O)CNC1(c2cccc(C(C)C)c2)CC1. The molecule has 4 aromatic rings. The maximum absolute atomic E-state index is 12.0. The zero-order valence-corrected chi connectivity index (χ0v) is 24.0. The van der Waals surface area contributed by atoms with Gasteiger partial charge in [-0.25, -0.2) is 9.97 Å². The Hall–Kier alpha value is -4.07. The lowest BCUT2D eigenvalue weighted by atomic mass is 9.96. The molecule has 0 radical (unpaired) electrons. The lowest BCUT2D eigenvalue weighted by molar-refractivity contribution is -0.120. The van der Waals surface area contributed by atoms with Crippen LogP contribution in [0.5, 0.6) is 0 Å². The Kier molecular flexibility index (Phi) is 8.76. The van der Waals surface area contributed by atoms with Gasteiger partial charge >= 0.3 is 0 Å². The van der Waals surface area contributed by atoms with E-state index in [1.54, 1.807) is 6.33 Å². The summed E-state index contributed by atoms with van der Waals surface area (Å²) in [5, 5.41) is 21.1. The predicted molar refractivity (Wildman–Crippen MR) is 164 cm³/mol. The van der Waals surface area contributed by atoms with Crippen LogP contribution in [0.3, 0.4) is 0 Å². The topological polar surface area (TPSA) is 99.2 Å². The Morgan fingerprint density at radius 2 is 1.71 bits per heavy atom. The number of carbonyl (C=O) groups excluding carboxylic acids is 1. The summed E-state index contributed by atoms with van der Waals surface area (Å²) < 4.78 is 0. The third-order valence-electron chi connectivity index (χ3n) is 7.78. The fourth-order valence-electron chi connectivity index (χ4n) is 5.19. The van der Waals surface area contributed by atoms with Crippen molar-refractivity contribution in [2.45, 2.75) is 63.6 Å². The molecule has 1 aliphatic rings. The molecule has 5 rings (SSSR count). The number of hydrogen-bond donors (Lipinski definition) is 4. The van der Waals surface area contributed by atoms with Crippen LogP contribution >= 0.6 is 0 Å². The number of aliphatic hydroxyl groups is 1. The van der Waals surface area contributed by atoms with E-state index in [-0.39, 0.29) is 11.4 Å². The molecule has 0 unspecified atom stereocenters. The quantitative estimate of drug-likeness (QED) is 0.181. The highest BCUT2D eigenvalue weighted by Crippen LogP contribution is 2.46. The summed E-state index contributed by atoms with van der Waals surface area (Å²) >= 11 is 0. The Balaban J connectivity index is 1.21. The number of carbonyl (C=O) groups is 1. The van der Waals surface area contributed by atoms with E-state index in [0.29, 0.717) is 24.7 Å². The second-order valence-electron chi connectivity index (χ2n) is 11.3. The molecular formula is C34H39N5O2. The number of hydrogen-bond acceptors (Lipinski definition) is 6. The van der Waals surface area contributed by atoms with Crippen molar-refractivity contribution in [2.75, 3.05) is 11.9 Å². The van der Waals surface area contributed by atoms with Gasteiger partial charge in [-0.05, 0) is 54.0 Å². The van der Waals surface area contributed by atoms with Crippen LogP contribution in [-0.4, -0.2) is 39.7 Å². The smallest absolute Gasteiger partial charge is 0.217 e. The zero-order valence-electron chi connectivity index (χ0n) is 24.0. The van der Waals surface area contributed by atoms with Gasteiger partial charge in [0.05, 0.1) is 17.8 Å². The highest BCUT2D eigenvalue weighted by molar-refractivity contribution is 5.73. The van der Waals surface area contributed by atoms with Gasteiger partial charge in [0.15, 0.2) is 0 Å². The van der Waals surface area contributed by atoms with Gasteiger partial charge in [0, 0.05) is 36.3 Å². The van der Waals surface area contributed by atoms with Gasteiger partial charge in [-0.3, -0.25) is 4.79 Å². The van der Waals surface area contributed by atoms with Gasteiger partial charge in [-0.15, -0.1) is 0 Å². The first kappa shape index (κ1) is 28.5. The van der Waals surface area contributed by atoms with Gasteiger partial charge in [0.1, 0.15) is 12.1 Å². The number of benzene rings is 3. The normalized spacial score (nSPS) is 15.2. The standard InChI is InChI=1S/C34H39N5O2/c1-23(2)27-10-7-11-28(19-27)34(16-17-34)37-21-32(41)31(38-24(3)40)18-25-12-14-29(15-13-25)39-33-20-30(35-22-36-33)26-8-5-4-6-9-26/h4-15,19-20,22-23,31-32,37,41H,16-18,21H2,1-3H3,(H,38,40)(H,35,36,39)/t31-,32-/m0/s1. The predicted octanol–water partition coefficient (Wildman–Crippen LogP) is 5.70. The first-order chi connectivity index (χ1) is 19.8. The molecule has 1 amide bonds. The summed E-state index contributed by atoms with van der Waals surface area (Å²) in [5.74, 6) is 1.02. The van der Waals surface area contributed by atoms with E-state index in [9.17, 15) is 9.90 Å². The molecule has 212 valence electrons. The van der Waals surface area contributed by atoms with Crippen LogP contribution in [0, 0.1) is 0 Å². The van der Waals surface area contributed by atoms with E-state index >= 15 is 0 Å². The molecule has 1 aliphatic carbocycles. The molecule has 1 saturated carbocycles. The Morgan fingerprint density at radius 3 is 2.39 bits per heavy atom. The van der Waals surface area contributed by atoms with Crippen molar-refractivity contribution in [1.29, 1.82) is 0 Å². The molecule has 2 atom stereocenters. The number of amides is 1. The molecule has 7 heteroatoms. The van der Waals surface area contributed by atoms with Crippen molar-refractivity contribution < 1.29 is 9.90 Å². The van der Waals surface area contributed by atoms with E-state index in [4.69, 9.17) is 0 Å². The van der Waals surface area contributed by atoms with Crippen LogP contribution in [0.15, 0.2) is 91.3 Å². The second-order valence-corrected chi connectivity index (χ2v) is 11.3. The largest absolute Gasteiger partial charge is 0.390 e. The molecule has 1 heterocycles. The zero-order chi connectivity index (χ0) is 28.8.